The lowest BCUT2D eigenvalue weighted by molar-refractivity contribution is 0.664. The molecule has 1 rings (SSSR count). The van der Waals surface area contributed by atoms with E-state index in [4.69, 9.17) is 0 Å². The molecular weight excluding hydrogens is 168 g/mol. The quantitative estimate of drug-likeness (QED) is 0.585. The average molecular weight is 194 g/mol. The van der Waals surface area contributed by atoms with E-state index in [0.717, 1.165) is 5.92 Å². The highest BCUT2D eigenvalue weighted by molar-refractivity contribution is 5.28. The third-order valence-corrected chi connectivity index (χ3v) is 2.45. The summed E-state index contributed by atoms with van der Waals surface area (Å²) in [5.74, 6) is 0.770. The fourth-order valence-corrected chi connectivity index (χ4v) is 1.92. The first-order valence-electron chi connectivity index (χ1n) is 6.16. The third-order valence-electron chi connectivity index (χ3n) is 2.45. The lowest BCUT2D eigenvalue weighted by Gasteiger charge is -2.17. The molecule has 0 aliphatic heterocycles. The van der Waals surface area contributed by atoms with Gasteiger partial charge < -0.3 is 0 Å². The number of allylic oxidation sites excluding steroid dienone is 4. The first kappa shape index (κ1) is 13.5. The zero-order valence-corrected chi connectivity index (χ0v) is 10.6. The Hall–Kier alpha value is -0.520. The molecule has 0 heteroatoms. The van der Waals surface area contributed by atoms with E-state index in [-0.39, 0.29) is 0 Å². The molecule has 82 valence electrons. The maximum atomic E-state index is 2.42. The fraction of sp³-hybridized carbons (Fsp3) is 0.714. The van der Waals surface area contributed by atoms with Crippen LogP contribution in [0.1, 0.15) is 60.3 Å². The van der Waals surface area contributed by atoms with Crippen molar-refractivity contribution in [3.8, 4) is 0 Å². The maximum Gasteiger partial charge on any atom is -0.0219 e. The van der Waals surface area contributed by atoms with Gasteiger partial charge in [0.1, 0.15) is 0 Å². The lowest BCUT2D eigenvalue weighted by Crippen LogP contribution is -2.01. The Kier molecular flexibility index (Phi) is 7.55. The van der Waals surface area contributed by atoms with Crippen molar-refractivity contribution >= 4 is 0 Å². The van der Waals surface area contributed by atoms with Crippen LogP contribution in [0.4, 0.5) is 0 Å². The van der Waals surface area contributed by atoms with E-state index < -0.39 is 0 Å². The minimum atomic E-state index is 0.770. The standard InChI is InChI=1S/C12H20.C2H6/c1-4-6-12-8-10(3)7-11(5-2)9-12;1-2/h7,9-10H,4-6,8H2,1-3H3;1-2H3. The van der Waals surface area contributed by atoms with Crippen LogP contribution in [-0.2, 0) is 0 Å². The molecule has 0 bridgehead atoms. The van der Waals surface area contributed by atoms with Gasteiger partial charge in [0.05, 0.1) is 0 Å². The topological polar surface area (TPSA) is 0 Å². The molecule has 0 heterocycles. The monoisotopic (exact) mass is 194 g/mol. The van der Waals surface area contributed by atoms with Crippen LogP contribution in [0.3, 0.4) is 0 Å². The smallest absolute Gasteiger partial charge is 0.0219 e. The molecular formula is C14H26. The van der Waals surface area contributed by atoms with Crippen molar-refractivity contribution in [3.05, 3.63) is 23.3 Å². The van der Waals surface area contributed by atoms with Crippen LogP contribution in [0.25, 0.3) is 0 Å². The van der Waals surface area contributed by atoms with E-state index in [0.29, 0.717) is 0 Å². The van der Waals surface area contributed by atoms with Crippen LogP contribution >= 0.6 is 0 Å². The third kappa shape index (κ3) is 4.64. The van der Waals surface area contributed by atoms with Gasteiger partial charge >= 0.3 is 0 Å². The second kappa shape index (κ2) is 7.84. The van der Waals surface area contributed by atoms with Gasteiger partial charge in [-0.1, -0.05) is 64.3 Å². The summed E-state index contributed by atoms with van der Waals surface area (Å²) < 4.78 is 0. The van der Waals surface area contributed by atoms with Gasteiger partial charge in [0.2, 0.25) is 0 Å². The van der Waals surface area contributed by atoms with E-state index in [1.807, 2.05) is 13.8 Å². The summed E-state index contributed by atoms with van der Waals surface area (Å²) >= 11 is 0. The van der Waals surface area contributed by atoms with Gasteiger partial charge in [0, 0.05) is 0 Å². The Morgan fingerprint density at radius 1 is 1.29 bits per heavy atom. The minimum absolute atomic E-state index is 0.770. The molecule has 0 fully saturated rings. The summed E-state index contributed by atoms with van der Waals surface area (Å²) in [5, 5.41) is 0. The van der Waals surface area contributed by atoms with E-state index >= 15 is 0 Å². The first-order valence-corrected chi connectivity index (χ1v) is 6.16. The van der Waals surface area contributed by atoms with Crippen molar-refractivity contribution < 1.29 is 0 Å². The molecule has 14 heavy (non-hydrogen) atoms. The van der Waals surface area contributed by atoms with Crippen molar-refractivity contribution in [1.82, 2.24) is 0 Å². The Morgan fingerprint density at radius 2 is 1.93 bits per heavy atom. The molecule has 0 N–H and O–H groups in total. The fourth-order valence-electron chi connectivity index (χ4n) is 1.92. The highest BCUT2D eigenvalue weighted by atomic mass is 14.1. The summed E-state index contributed by atoms with van der Waals surface area (Å²) in [6.07, 6.45) is 9.88. The van der Waals surface area contributed by atoms with Crippen LogP contribution < -0.4 is 0 Å². The Balaban J connectivity index is 0.000000791. The van der Waals surface area contributed by atoms with Crippen molar-refractivity contribution in [1.29, 1.82) is 0 Å². The molecule has 0 aromatic heterocycles. The predicted octanol–water partition coefficient (Wildman–Crippen LogP) is 5.12. The highest BCUT2D eigenvalue weighted by Gasteiger charge is 2.09. The van der Waals surface area contributed by atoms with Crippen molar-refractivity contribution in [2.45, 2.75) is 60.3 Å². The first-order chi connectivity index (χ1) is 6.76. The van der Waals surface area contributed by atoms with Crippen molar-refractivity contribution in [2.75, 3.05) is 0 Å². The van der Waals surface area contributed by atoms with E-state index in [1.54, 1.807) is 5.57 Å². The molecule has 1 atom stereocenters. The van der Waals surface area contributed by atoms with Crippen LogP contribution in [0.15, 0.2) is 23.3 Å². The maximum absolute atomic E-state index is 2.42. The summed E-state index contributed by atoms with van der Waals surface area (Å²) in [7, 11) is 0. The summed E-state index contributed by atoms with van der Waals surface area (Å²) in [5.41, 5.74) is 3.20. The summed E-state index contributed by atoms with van der Waals surface area (Å²) in [6.45, 7) is 10.8. The molecule has 0 saturated carbocycles. The second-order valence-corrected chi connectivity index (χ2v) is 3.83. The molecule has 0 spiro atoms. The van der Waals surface area contributed by atoms with Gasteiger partial charge in [0.25, 0.3) is 0 Å². The number of hydrogen-bond donors (Lipinski definition) is 0. The van der Waals surface area contributed by atoms with Gasteiger partial charge in [-0.2, -0.15) is 0 Å². The van der Waals surface area contributed by atoms with E-state index in [2.05, 4.69) is 32.9 Å². The zero-order valence-electron chi connectivity index (χ0n) is 10.6. The molecule has 1 aliphatic carbocycles. The van der Waals surface area contributed by atoms with Crippen LogP contribution in [0, 0.1) is 5.92 Å². The summed E-state index contributed by atoms with van der Waals surface area (Å²) in [4.78, 5) is 0. The van der Waals surface area contributed by atoms with Gasteiger partial charge in [0.15, 0.2) is 0 Å². The van der Waals surface area contributed by atoms with Gasteiger partial charge in [-0.3, -0.25) is 0 Å². The minimum Gasteiger partial charge on any atom is -0.0782 e. The number of rotatable bonds is 3. The molecule has 1 aliphatic rings. The molecule has 0 aromatic carbocycles. The molecule has 0 nitrogen and oxygen atoms in total. The van der Waals surface area contributed by atoms with E-state index in [1.165, 1.54) is 31.3 Å². The number of hydrogen-bond acceptors (Lipinski definition) is 0. The largest absolute Gasteiger partial charge is 0.0782 e. The molecule has 0 aromatic rings. The Labute approximate surface area is 90.1 Å². The molecule has 0 radical (unpaired) electrons. The lowest BCUT2D eigenvalue weighted by atomic mass is 9.89. The Morgan fingerprint density at radius 3 is 2.43 bits per heavy atom. The summed E-state index contributed by atoms with van der Waals surface area (Å²) in [6, 6.07) is 0. The van der Waals surface area contributed by atoms with Crippen LogP contribution in [0.5, 0.6) is 0 Å². The van der Waals surface area contributed by atoms with E-state index in [9.17, 15) is 0 Å². The van der Waals surface area contributed by atoms with Crippen LogP contribution in [0.2, 0.25) is 0 Å². The van der Waals surface area contributed by atoms with Crippen molar-refractivity contribution in [2.24, 2.45) is 5.92 Å². The molecule has 1 unspecified atom stereocenters. The normalized spacial score (nSPS) is 20.5. The second-order valence-electron chi connectivity index (χ2n) is 3.83. The van der Waals surface area contributed by atoms with Gasteiger partial charge in [-0.05, 0) is 25.2 Å². The van der Waals surface area contributed by atoms with Crippen molar-refractivity contribution in [3.63, 3.8) is 0 Å². The average Bonchev–Trinajstić information content (AvgIpc) is 2.20. The molecule has 0 amide bonds. The molecule has 0 saturated heterocycles. The highest BCUT2D eigenvalue weighted by Crippen LogP contribution is 2.26. The zero-order chi connectivity index (χ0) is 11.0. The van der Waals surface area contributed by atoms with Gasteiger partial charge in [-0.15, -0.1) is 0 Å². The van der Waals surface area contributed by atoms with Crippen LogP contribution in [-0.4, -0.2) is 0 Å². The SMILES string of the molecule is CC.CCCC1=CC(CC)=CC(C)C1. The predicted molar refractivity (Wildman–Crippen MR) is 66.5 cm³/mol. The van der Waals surface area contributed by atoms with Gasteiger partial charge in [-0.25, -0.2) is 0 Å². The Bertz CT molecular complexity index is 196.